The minimum Gasteiger partial charge on any atom is -0.456 e. The Bertz CT molecular complexity index is 2800. The Kier molecular flexibility index (Phi) is 7.56. The summed E-state index contributed by atoms with van der Waals surface area (Å²) in [6.07, 6.45) is 4.44. The molecule has 56 heavy (non-hydrogen) atoms. The number of hydrogen-bond acceptors (Lipinski definition) is 5. The van der Waals surface area contributed by atoms with Crippen LogP contribution >= 0.6 is 0 Å². The van der Waals surface area contributed by atoms with Crippen molar-refractivity contribution in [2.45, 2.75) is 12.0 Å². The second kappa shape index (κ2) is 13.2. The quantitative estimate of drug-likeness (QED) is 0.171. The van der Waals surface area contributed by atoms with Crippen LogP contribution in [0, 0.1) is 0 Å². The van der Waals surface area contributed by atoms with E-state index in [1.807, 2.05) is 12.1 Å². The van der Waals surface area contributed by atoms with Crippen LogP contribution in [-0.4, -0.2) is 21.0 Å². The summed E-state index contributed by atoms with van der Waals surface area (Å²) in [7, 11) is 0. The van der Waals surface area contributed by atoms with Crippen molar-refractivity contribution >= 4 is 28.4 Å². The van der Waals surface area contributed by atoms with E-state index in [-0.39, 0.29) is 12.0 Å². The van der Waals surface area contributed by atoms with Crippen LogP contribution in [0.3, 0.4) is 0 Å². The summed E-state index contributed by atoms with van der Waals surface area (Å²) in [4.78, 5) is 17.8. The average molecular weight is 719 g/mol. The Balaban J connectivity index is 1.04. The summed E-state index contributed by atoms with van der Waals surface area (Å²) in [5, 5.41) is 1.07. The van der Waals surface area contributed by atoms with Crippen LogP contribution in [0.2, 0.25) is 0 Å². The number of benzene rings is 7. The van der Waals surface area contributed by atoms with Crippen molar-refractivity contribution in [3.8, 4) is 56.4 Å². The molecule has 0 amide bonds. The van der Waals surface area contributed by atoms with Crippen molar-refractivity contribution in [3.63, 3.8) is 0 Å². The lowest BCUT2D eigenvalue weighted by Crippen LogP contribution is -2.30. The van der Waals surface area contributed by atoms with Gasteiger partial charge in [-0.2, -0.15) is 0 Å². The first kappa shape index (κ1) is 32.1. The molecule has 9 aromatic rings. The maximum atomic E-state index is 6.57. The van der Waals surface area contributed by atoms with Crippen molar-refractivity contribution in [1.29, 1.82) is 0 Å². The molecule has 2 aliphatic rings. The summed E-state index contributed by atoms with van der Waals surface area (Å²) < 4.78 is 6.57. The molecule has 0 spiro atoms. The molecule has 2 unspecified atom stereocenters. The number of rotatable bonds is 6. The third-order valence-corrected chi connectivity index (χ3v) is 11.1. The minimum atomic E-state index is 0.0960. The molecule has 2 atom stereocenters. The first-order valence-electron chi connectivity index (χ1n) is 19.0. The highest BCUT2D eigenvalue weighted by Gasteiger charge is 2.43. The lowest BCUT2D eigenvalue weighted by molar-refractivity contribution is 0.584. The maximum Gasteiger partial charge on any atom is 0.164 e. The Hall–Kier alpha value is -7.37. The van der Waals surface area contributed by atoms with Crippen molar-refractivity contribution in [1.82, 2.24) is 15.0 Å². The second-order valence-electron chi connectivity index (χ2n) is 14.4. The molecule has 0 fully saturated rings. The number of furan rings is 1. The van der Waals surface area contributed by atoms with E-state index in [1.54, 1.807) is 0 Å². The van der Waals surface area contributed by atoms with Crippen LogP contribution < -0.4 is 4.90 Å². The van der Waals surface area contributed by atoms with Crippen LogP contribution in [-0.2, 0) is 0 Å². The van der Waals surface area contributed by atoms with E-state index in [0.29, 0.717) is 17.5 Å². The Morgan fingerprint density at radius 1 is 0.446 bits per heavy atom. The van der Waals surface area contributed by atoms with Gasteiger partial charge in [0, 0.05) is 44.9 Å². The van der Waals surface area contributed by atoms with Gasteiger partial charge in [0.1, 0.15) is 11.3 Å². The minimum absolute atomic E-state index is 0.0960. The first-order valence-corrected chi connectivity index (χ1v) is 19.0. The zero-order valence-electron chi connectivity index (χ0n) is 30.3. The Morgan fingerprint density at radius 2 is 0.929 bits per heavy atom. The standard InChI is InChI=1S/C51H34N4O/c1-4-12-33(13-5-1)35-20-24-37(25-21-35)49-52-50(38-26-22-36(23-27-38)34-14-6-2-7-15-34)54-51(53-49)39-28-30-45-42(32-39)48-46(56-45)31-29-44-47(48)41-18-10-11-19-43(41)55(44)40-16-8-3-9-17-40/h1-32,44,47H. The largest absolute Gasteiger partial charge is 0.456 e. The van der Waals surface area contributed by atoms with Crippen molar-refractivity contribution in [2.75, 3.05) is 4.90 Å². The predicted molar refractivity (Wildman–Crippen MR) is 226 cm³/mol. The zero-order chi connectivity index (χ0) is 37.0. The molecule has 3 heterocycles. The van der Waals surface area contributed by atoms with Gasteiger partial charge in [-0.25, -0.2) is 15.0 Å². The van der Waals surface area contributed by atoms with Crippen LogP contribution in [0.4, 0.5) is 11.4 Å². The van der Waals surface area contributed by atoms with Crippen molar-refractivity contribution in [2.24, 2.45) is 0 Å². The molecule has 0 bridgehead atoms. The molecule has 0 radical (unpaired) electrons. The zero-order valence-corrected chi connectivity index (χ0v) is 30.3. The average Bonchev–Trinajstić information content (AvgIpc) is 3.82. The Morgan fingerprint density at radius 3 is 1.54 bits per heavy atom. The normalized spacial score (nSPS) is 15.4. The lowest BCUT2D eigenvalue weighted by Gasteiger charge is -2.30. The monoisotopic (exact) mass is 718 g/mol. The fourth-order valence-corrected chi connectivity index (χ4v) is 8.44. The predicted octanol–water partition coefficient (Wildman–Crippen LogP) is 12.6. The SMILES string of the molecule is C1=CC2C(c3ccccc3N2c2ccccc2)c2c1oc1ccc(-c3nc(-c4ccc(-c5ccccc5)cc4)nc(-c4ccc(-c5ccccc5)cc4)n3)cc21. The van der Waals surface area contributed by atoms with Gasteiger partial charge >= 0.3 is 0 Å². The summed E-state index contributed by atoms with van der Waals surface area (Å²) in [6.45, 7) is 0. The van der Waals surface area contributed by atoms with Gasteiger partial charge in [-0.15, -0.1) is 0 Å². The van der Waals surface area contributed by atoms with Gasteiger partial charge in [-0.3, -0.25) is 0 Å². The van der Waals surface area contributed by atoms with E-state index < -0.39 is 0 Å². The lowest BCUT2D eigenvalue weighted by atomic mass is 9.82. The summed E-state index contributed by atoms with van der Waals surface area (Å²) in [6, 6.07) is 63.6. The topological polar surface area (TPSA) is 55.1 Å². The van der Waals surface area contributed by atoms with E-state index in [1.165, 1.54) is 33.6 Å². The smallest absolute Gasteiger partial charge is 0.164 e. The van der Waals surface area contributed by atoms with Gasteiger partial charge < -0.3 is 9.32 Å². The van der Waals surface area contributed by atoms with Crippen LogP contribution in [0.1, 0.15) is 22.8 Å². The Labute approximate surface area is 324 Å². The van der Waals surface area contributed by atoms with E-state index in [4.69, 9.17) is 19.4 Å². The van der Waals surface area contributed by atoms with Gasteiger partial charge in [0.05, 0.1) is 6.04 Å². The van der Waals surface area contributed by atoms with Crippen LogP contribution in [0.5, 0.6) is 0 Å². The molecule has 1 aliphatic carbocycles. The molecule has 5 heteroatoms. The van der Waals surface area contributed by atoms with Crippen LogP contribution in [0.25, 0.3) is 73.5 Å². The van der Waals surface area contributed by atoms with E-state index >= 15 is 0 Å². The fraction of sp³-hybridized carbons (Fsp3) is 0.0392. The number of anilines is 2. The summed E-state index contributed by atoms with van der Waals surface area (Å²) >= 11 is 0. The summed E-state index contributed by atoms with van der Waals surface area (Å²) in [5.74, 6) is 2.85. The van der Waals surface area contributed by atoms with Crippen molar-refractivity contribution in [3.05, 3.63) is 205 Å². The molecule has 0 saturated carbocycles. The van der Waals surface area contributed by atoms with Gasteiger partial charge in [0.2, 0.25) is 0 Å². The molecule has 0 N–H and O–H groups in total. The molecular weight excluding hydrogens is 685 g/mol. The van der Waals surface area contributed by atoms with E-state index in [2.05, 4.69) is 187 Å². The molecule has 2 aromatic heterocycles. The molecule has 5 nitrogen and oxygen atoms in total. The summed E-state index contributed by atoms with van der Waals surface area (Å²) in [5.41, 5.74) is 13.1. The third-order valence-electron chi connectivity index (χ3n) is 11.1. The highest BCUT2D eigenvalue weighted by Crippen LogP contribution is 2.53. The second-order valence-corrected chi connectivity index (χ2v) is 14.4. The first-order chi connectivity index (χ1) is 27.7. The number of hydrogen-bond donors (Lipinski definition) is 0. The maximum absolute atomic E-state index is 6.57. The number of aromatic nitrogens is 3. The highest BCUT2D eigenvalue weighted by molar-refractivity contribution is 5.92. The molecule has 264 valence electrons. The number of fused-ring (bicyclic) bond motifs is 7. The van der Waals surface area contributed by atoms with E-state index in [0.717, 1.165) is 44.5 Å². The molecule has 1 aliphatic heterocycles. The molecular formula is C51H34N4O. The molecule has 0 saturated heterocycles. The van der Waals surface area contributed by atoms with Gasteiger partial charge in [-0.05, 0) is 70.3 Å². The van der Waals surface area contributed by atoms with E-state index in [9.17, 15) is 0 Å². The van der Waals surface area contributed by atoms with Crippen LogP contribution in [0.15, 0.2) is 192 Å². The van der Waals surface area contributed by atoms with Gasteiger partial charge in [0.25, 0.3) is 0 Å². The van der Waals surface area contributed by atoms with Gasteiger partial charge in [-0.1, -0.05) is 152 Å². The molecule has 7 aromatic carbocycles. The molecule has 11 rings (SSSR count). The van der Waals surface area contributed by atoms with Crippen molar-refractivity contribution < 1.29 is 4.42 Å². The fourth-order valence-electron chi connectivity index (χ4n) is 8.44. The third kappa shape index (κ3) is 5.44. The highest BCUT2D eigenvalue weighted by atomic mass is 16.3. The van der Waals surface area contributed by atoms with Gasteiger partial charge in [0.15, 0.2) is 17.5 Å². The number of nitrogens with zero attached hydrogens (tertiary/aromatic N) is 4. The number of para-hydroxylation sites is 2.